The summed E-state index contributed by atoms with van der Waals surface area (Å²) in [5.74, 6) is 0. The van der Waals surface area contributed by atoms with Crippen LogP contribution in [-0.4, -0.2) is 28.1 Å². The van der Waals surface area contributed by atoms with Crippen molar-refractivity contribution in [1.82, 2.24) is 15.0 Å². The summed E-state index contributed by atoms with van der Waals surface area (Å²) in [5, 5.41) is 8.21. The molecule has 18 heavy (non-hydrogen) atoms. The van der Waals surface area contributed by atoms with Crippen LogP contribution in [0.15, 0.2) is 36.5 Å². The van der Waals surface area contributed by atoms with Gasteiger partial charge < -0.3 is 10.6 Å². The highest BCUT2D eigenvalue weighted by Crippen LogP contribution is 2.15. The lowest BCUT2D eigenvalue weighted by molar-refractivity contribution is 0.598. The first-order valence-corrected chi connectivity index (χ1v) is 6.22. The molecule has 5 nitrogen and oxygen atoms in total. The molecule has 0 unspecified atom stereocenters. The van der Waals surface area contributed by atoms with Crippen molar-refractivity contribution in [2.24, 2.45) is 5.73 Å². The summed E-state index contributed by atoms with van der Waals surface area (Å²) < 4.78 is 1.79. The van der Waals surface area contributed by atoms with Crippen LogP contribution in [0.25, 0.3) is 0 Å². The summed E-state index contributed by atoms with van der Waals surface area (Å²) in [4.78, 5) is 2.26. The van der Waals surface area contributed by atoms with E-state index in [2.05, 4.69) is 34.3 Å². The Labute approximate surface area is 107 Å². The van der Waals surface area contributed by atoms with Gasteiger partial charge in [-0.15, -0.1) is 5.10 Å². The van der Waals surface area contributed by atoms with Crippen molar-refractivity contribution in [2.45, 2.75) is 20.0 Å². The maximum Gasteiger partial charge on any atom is 0.102 e. The van der Waals surface area contributed by atoms with E-state index in [1.165, 1.54) is 5.69 Å². The van der Waals surface area contributed by atoms with Crippen molar-refractivity contribution in [3.8, 4) is 0 Å². The van der Waals surface area contributed by atoms with E-state index in [1.54, 1.807) is 4.68 Å². The Balaban J connectivity index is 2.06. The minimum absolute atomic E-state index is 0.582. The third-order valence-electron chi connectivity index (χ3n) is 2.80. The molecule has 0 fully saturated rings. The fourth-order valence-electron chi connectivity index (χ4n) is 1.87. The Hall–Kier alpha value is -1.88. The summed E-state index contributed by atoms with van der Waals surface area (Å²) in [5.41, 5.74) is 7.66. The zero-order valence-corrected chi connectivity index (χ0v) is 10.7. The van der Waals surface area contributed by atoms with Crippen LogP contribution in [0.1, 0.15) is 12.6 Å². The lowest BCUT2D eigenvalue weighted by Crippen LogP contribution is -2.22. The van der Waals surface area contributed by atoms with Crippen molar-refractivity contribution in [3.05, 3.63) is 42.2 Å². The van der Waals surface area contributed by atoms with Crippen LogP contribution < -0.4 is 10.6 Å². The van der Waals surface area contributed by atoms with Crippen LogP contribution in [0.2, 0.25) is 0 Å². The summed E-state index contributed by atoms with van der Waals surface area (Å²) >= 11 is 0. The second-order valence-electron chi connectivity index (χ2n) is 4.11. The molecule has 2 aromatic rings. The predicted molar refractivity (Wildman–Crippen MR) is 72.2 cm³/mol. The van der Waals surface area contributed by atoms with Crippen LogP contribution in [-0.2, 0) is 13.1 Å². The summed E-state index contributed by atoms with van der Waals surface area (Å²) in [6.07, 6.45) is 1.96. The lowest BCUT2D eigenvalue weighted by Gasteiger charge is -2.21. The highest BCUT2D eigenvalue weighted by atomic mass is 15.4. The third kappa shape index (κ3) is 3.07. The van der Waals surface area contributed by atoms with E-state index in [0.717, 1.165) is 18.8 Å². The van der Waals surface area contributed by atoms with Gasteiger partial charge in [0.25, 0.3) is 0 Å². The van der Waals surface area contributed by atoms with Gasteiger partial charge in [-0.25, -0.2) is 0 Å². The molecule has 2 N–H and O–H groups in total. The van der Waals surface area contributed by atoms with Gasteiger partial charge in [0.2, 0.25) is 0 Å². The predicted octanol–water partition coefficient (Wildman–Crippen LogP) is 1.26. The molecule has 0 saturated heterocycles. The SMILES string of the molecule is CCN(Cc1cn(CCN)nn1)c1ccccc1. The zero-order chi connectivity index (χ0) is 12.8. The minimum atomic E-state index is 0.582. The van der Waals surface area contributed by atoms with Gasteiger partial charge in [-0.05, 0) is 19.1 Å². The van der Waals surface area contributed by atoms with Crippen LogP contribution in [0, 0.1) is 0 Å². The number of hydrogen-bond donors (Lipinski definition) is 1. The molecule has 1 heterocycles. The molecule has 0 spiro atoms. The van der Waals surface area contributed by atoms with Crippen molar-refractivity contribution in [2.75, 3.05) is 18.0 Å². The van der Waals surface area contributed by atoms with Gasteiger partial charge in [0.05, 0.1) is 19.3 Å². The maximum atomic E-state index is 5.49. The Morgan fingerprint density at radius 3 is 2.72 bits per heavy atom. The Morgan fingerprint density at radius 2 is 2.06 bits per heavy atom. The normalized spacial score (nSPS) is 10.6. The topological polar surface area (TPSA) is 60.0 Å². The average Bonchev–Trinajstić information content (AvgIpc) is 2.85. The monoisotopic (exact) mass is 245 g/mol. The number of anilines is 1. The van der Waals surface area contributed by atoms with Crippen LogP contribution >= 0.6 is 0 Å². The van der Waals surface area contributed by atoms with Crippen molar-refractivity contribution in [1.29, 1.82) is 0 Å². The van der Waals surface area contributed by atoms with Crippen molar-refractivity contribution < 1.29 is 0 Å². The highest BCUT2D eigenvalue weighted by molar-refractivity contribution is 5.45. The van der Waals surface area contributed by atoms with E-state index in [9.17, 15) is 0 Å². The van der Waals surface area contributed by atoms with E-state index < -0.39 is 0 Å². The van der Waals surface area contributed by atoms with Gasteiger partial charge in [-0.3, -0.25) is 4.68 Å². The molecule has 1 aromatic carbocycles. The standard InChI is InChI=1S/C13H19N5/c1-2-17(13-6-4-3-5-7-13)10-12-11-18(9-8-14)16-15-12/h3-7,11H,2,8-10,14H2,1H3. The number of benzene rings is 1. The summed E-state index contributed by atoms with van der Waals surface area (Å²) in [7, 11) is 0. The van der Waals surface area contributed by atoms with Crippen LogP contribution in [0.5, 0.6) is 0 Å². The molecule has 0 saturated carbocycles. The minimum Gasteiger partial charge on any atom is -0.366 e. The Bertz CT molecular complexity index is 465. The first-order chi connectivity index (χ1) is 8.83. The van der Waals surface area contributed by atoms with Crippen LogP contribution in [0.3, 0.4) is 0 Å². The fourth-order valence-corrected chi connectivity index (χ4v) is 1.87. The molecule has 0 amide bonds. The molecule has 0 aliphatic carbocycles. The van der Waals surface area contributed by atoms with Gasteiger partial charge in [0.1, 0.15) is 5.69 Å². The fraction of sp³-hybridized carbons (Fsp3) is 0.385. The highest BCUT2D eigenvalue weighted by Gasteiger charge is 2.07. The molecule has 0 radical (unpaired) electrons. The zero-order valence-electron chi connectivity index (χ0n) is 10.7. The molecule has 1 aromatic heterocycles. The maximum absolute atomic E-state index is 5.49. The third-order valence-corrected chi connectivity index (χ3v) is 2.80. The molecule has 5 heteroatoms. The number of hydrogen-bond acceptors (Lipinski definition) is 4. The number of aromatic nitrogens is 3. The second kappa shape index (κ2) is 6.16. The van der Waals surface area contributed by atoms with E-state index in [-0.39, 0.29) is 0 Å². The molecular formula is C13H19N5. The first-order valence-electron chi connectivity index (χ1n) is 6.22. The van der Waals surface area contributed by atoms with Gasteiger partial charge in [-0.1, -0.05) is 23.4 Å². The van der Waals surface area contributed by atoms with E-state index in [0.29, 0.717) is 13.1 Å². The molecule has 0 bridgehead atoms. The Morgan fingerprint density at radius 1 is 1.28 bits per heavy atom. The largest absolute Gasteiger partial charge is 0.366 e. The van der Waals surface area contributed by atoms with Crippen LogP contribution in [0.4, 0.5) is 5.69 Å². The molecule has 0 aliphatic heterocycles. The lowest BCUT2D eigenvalue weighted by atomic mass is 10.2. The van der Waals surface area contributed by atoms with Crippen molar-refractivity contribution >= 4 is 5.69 Å². The van der Waals surface area contributed by atoms with E-state index in [1.807, 2.05) is 24.4 Å². The molecule has 0 atom stereocenters. The number of nitrogens with two attached hydrogens (primary N) is 1. The molecule has 0 aliphatic rings. The summed E-state index contributed by atoms with van der Waals surface area (Å²) in [6, 6.07) is 10.3. The number of nitrogens with zero attached hydrogens (tertiary/aromatic N) is 4. The van der Waals surface area contributed by atoms with Gasteiger partial charge in [0.15, 0.2) is 0 Å². The molecule has 2 rings (SSSR count). The second-order valence-corrected chi connectivity index (χ2v) is 4.11. The summed E-state index contributed by atoms with van der Waals surface area (Å²) in [6.45, 7) is 5.14. The number of para-hydroxylation sites is 1. The average molecular weight is 245 g/mol. The molecular weight excluding hydrogens is 226 g/mol. The van der Waals surface area contributed by atoms with Crippen molar-refractivity contribution in [3.63, 3.8) is 0 Å². The number of rotatable bonds is 6. The van der Waals surface area contributed by atoms with Gasteiger partial charge in [0, 0.05) is 18.8 Å². The molecule has 96 valence electrons. The van der Waals surface area contributed by atoms with E-state index >= 15 is 0 Å². The van der Waals surface area contributed by atoms with Gasteiger partial charge >= 0.3 is 0 Å². The quantitative estimate of drug-likeness (QED) is 0.832. The van der Waals surface area contributed by atoms with Gasteiger partial charge in [-0.2, -0.15) is 0 Å². The van der Waals surface area contributed by atoms with E-state index in [4.69, 9.17) is 5.73 Å². The smallest absolute Gasteiger partial charge is 0.102 e. The first kappa shape index (κ1) is 12.6. The Kier molecular flexibility index (Phi) is 4.30.